The highest BCUT2D eigenvalue weighted by Gasteiger charge is 2.23. The number of carbonyl (C=O) groups excluding carboxylic acids is 1. The van der Waals surface area contributed by atoms with Crippen LogP contribution >= 0.6 is 12.6 Å². The first-order valence-electron chi connectivity index (χ1n) is 9.22. The fourth-order valence-electron chi connectivity index (χ4n) is 3.26. The summed E-state index contributed by atoms with van der Waals surface area (Å²) in [7, 11) is 0. The number of benzene rings is 3. The second-order valence-electron chi connectivity index (χ2n) is 6.81. The third kappa shape index (κ3) is 4.93. The van der Waals surface area contributed by atoms with Gasteiger partial charge in [-0.1, -0.05) is 72.8 Å². The number of aliphatic carboxylic acids is 1. The van der Waals surface area contributed by atoms with E-state index in [-0.39, 0.29) is 18.4 Å². The molecule has 28 heavy (non-hydrogen) atoms. The first kappa shape index (κ1) is 20.0. The summed E-state index contributed by atoms with van der Waals surface area (Å²) in [5.74, 6) is -1.84. The zero-order valence-electron chi connectivity index (χ0n) is 15.4. The van der Waals surface area contributed by atoms with E-state index in [4.69, 9.17) is 0 Å². The number of hydrogen-bond donors (Lipinski definition) is 3. The Morgan fingerprint density at radius 1 is 0.929 bits per heavy atom. The molecular weight excluding hydrogens is 370 g/mol. The van der Waals surface area contributed by atoms with Crippen LogP contribution < -0.4 is 5.32 Å². The molecule has 0 spiro atoms. The van der Waals surface area contributed by atoms with Gasteiger partial charge in [0, 0.05) is 12.3 Å². The molecule has 0 heterocycles. The van der Waals surface area contributed by atoms with Crippen LogP contribution in [0.5, 0.6) is 0 Å². The van der Waals surface area contributed by atoms with Gasteiger partial charge in [0.15, 0.2) is 0 Å². The molecule has 0 bridgehead atoms. The van der Waals surface area contributed by atoms with Crippen molar-refractivity contribution >= 4 is 35.3 Å². The van der Waals surface area contributed by atoms with Gasteiger partial charge in [-0.25, -0.2) is 0 Å². The van der Waals surface area contributed by atoms with Crippen LogP contribution in [0.25, 0.3) is 10.8 Å². The first-order valence-corrected chi connectivity index (χ1v) is 9.85. The van der Waals surface area contributed by atoms with E-state index in [1.54, 1.807) is 0 Å². The van der Waals surface area contributed by atoms with Crippen molar-refractivity contribution in [2.45, 2.75) is 12.3 Å². The lowest BCUT2D eigenvalue weighted by Gasteiger charge is -2.18. The van der Waals surface area contributed by atoms with Crippen molar-refractivity contribution in [2.75, 3.05) is 12.3 Å². The average Bonchev–Trinajstić information content (AvgIpc) is 2.72. The number of rotatable bonds is 8. The highest BCUT2D eigenvalue weighted by molar-refractivity contribution is 7.80. The van der Waals surface area contributed by atoms with Crippen LogP contribution in [0.4, 0.5) is 0 Å². The number of hydrogen-bond acceptors (Lipinski definition) is 3. The lowest BCUT2D eigenvalue weighted by molar-refractivity contribution is -0.138. The largest absolute Gasteiger partial charge is 0.481 e. The first-order chi connectivity index (χ1) is 13.6. The van der Waals surface area contributed by atoms with Gasteiger partial charge in [0.25, 0.3) is 0 Å². The van der Waals surface area contributed by atoms with Crippen molar-refractivity contribution in [3.8, 4) is 0 Å². The zero-order chi connectivity index (χ0) is 19.9. The van der Waals surface area contributed by atoms with Crippen molar-refractivity contribution in [3.05, 3.63) is 83.9 Å². The predicted octanol–water partition coefficient (Wildman–Crippen LogP) is 3.91. The Kier molecular flexibility index (Phi) is 6.71. The topological polar surface area (TPSA) is 66.4 Å². The Morgan fingerprint density at radius 3 is 2.29 bits per heavy atom. The Hall–Kier alpha value is -2.79. The summed E-state index contributed by atoms with van der Waals surface area (Å²) in [4.78, 5) is 24.4. The Labute approximate surface area is 170 Å². The maximum Gasteiger partial charge on any atom is 0.312 e. The van der Waals surface area contributed by atoms with Gasteiger partial charge in [0.05, 0.1) is 11.8 Å². The van der Waals surface area contributed by atoms with E-state index >= 15 is 0 Å². The predicted molar refractivity (Wildman–Crippen MR) is 115 cm³/mol. The molecule has 1 amide bonds. The van der Waals surface area contributed by atoms with E-state index < -0.39 is 11.9 Å². The van der Waals surface area contributed by atoms with Gasteiger partial charge in [-0.15, -0.1) is 0 Å². The van der Waals surface area contributed by atoms with Gasteiger partial charge in [-0.3, -0.25) is 9.59 Å². The molecule has 144 valence electrons. The van der Waals surface area contributed by atoms with Crippen LogP contribution in [0.2, 0.25) is 0 Å². The number of nitrogens with one attached hydrogen (secondary N) is 1. The molecule has 0 aliphatic carbocycles. The van der Waals surface area contributed by atoms with Crippen molar-refractivity contribution in [3.63, 3.8) is 0 Å². The molecule has 0 aliphatic rings. The van der Waals surface area contributed by atoms with Crippen LogP contribution in [-0.2, 0) is 16.0 Å². The molecule has 0 aliphatic heterocycles. The number of fused-ring (bicyclic) bond motifs is 1. The standard InChI is InChI=1S/C23H23NO3S/c25-22(20(15-28)12-16-6-2-1-3-7-16)24-14-21(23(26)27)19-11-10-17-8-4-5-9-18(17)13-19/h1-11,13,20-21,28H,12,14-15H2,(H,24,25)(H,26,27). The number of carbonyl (C=O) groups is 2. The van der Waals surface area contributed by atoms with Crippen molar-refractivity contribution in [1.82, 2.24) is 5.32 Å². The van der Waals surface area contributed by atoms with Crippen molar-refractivity contribution < 1.29 is 14.7 Å². The SMILES string of the molecule is O=C(NCC(C(=O)O)c1ccc2ccccc2c1)C(CS)Cc1ccccc1. The van der Waals surface area contributed by atoms with Gasteiger partial charge >= 0.3 is 5.97 Å². The minimum Gasteiger partial charge on any atom is -0.481 e. The molecule has 0 saturated carbocycles. The number of carboxylic acid groups (broad SMARTS) is 1. The van der Waals surface area contributed by atoms with Crippen LogP contribution in [0, 0.1) is 5.92 Å². The average molecular weight is 394 g/mol. The Morgan fingerprint density at radius 2 is 1.61 bits per heavy atom. The van der Waals surface area contributed by atoms with E-state index in [1.807, 2.05) is 72.8 Å². The van der Waals surface area contributed by atoms with E-state index in [1.165, 1.54) is 0 Å². The lowest BCUT2D eigenvalue weighted by atomic mass is 9.95. The summed E-state index contributed by atoms with van der Waals surface area (Å²) in [6.45, 7) is 0.0472. The van der Waals surface area contributed by atoms with Crippen LogP contribution in [0.3, 0.4) is 0 Å². The van der Waals surface area contributed by atoms with Crippen LogP contribution in [-0.4, -0.2) is 29.3 Å². The highest BCUT2D eigenvalue weighted by atomic mass is 32.1. The monoisotopic (exact) mass is 393 g/mol. The molecule has 0 fully saturated rings. The zero-order valence-corrected chi connectivity index (χ0v) is 16.3. The summed E-state index contributed by atoms with van der Waals surface area (Å²) in [6, 6.07) is 23.1. The lowest BCUT2D eigenvalue weighted by Crippen LogP contribution is -2.37. The van der Waals surface area contributed by atoms with Crippen LogP contribution in [0.15, 0.2) is 72.8 Å². The molecular formula is C23H23NO3S. The Balaban J connectivity index is 1.69. The number of amides is 1. The van der Waals surface area contributed by atoms with E-state index in [9.17, 15) is 14.7 Å². The molecule has 3 rings (SSSR count). The molecule has 4 nitrogen and oxygen atoms in total. The smallest absolute Gasteiger partial charge is 0.312 e. The number of carboxylic acids is 1. The van der Waals surface area contributed by atoms with E-state index in [0.717, 1.165) is 16.3 Å². The summed E-state index contributed by atoms with van der Waals surface area (Å²) in [5, 5.41) is 14.5. The summed E-state index contributed by atoms with van der Waals surface area (Å²) < 4.78 is 0. The maximum absolute atomic E-state index is 12.6. The quantitative estimate of drug-likeness (QED) is 0.508. The number of thiol groups is 1. The van der Waals surface area contributed by atoms with Crippen molar-refractivity contribution in [1.29, 1.82) is 0 Å². The normalized spacial score (nSPS) is 13.0. The molecule has 0 radical (unpaired) electrons. The molecule has 0 aromatic heterocycles. The van der Waals surface area contributed by atoms with Gasteiger partial charge in [0.2, 0.25) is 5.91 Å². The Bertz CT molecular complexity index is 958. The molecule has 5 heteroatoms. The minimum atomic E-state index is -0.957. The summed E-state index contributed by atoms with van der Waals surface area (Å²) >= 11 is 4.30. The van der Waals surface area contributed by atoms with Gasteiger partial charge in [-0.05, 0) is 28.3 Å². The van der Waals surface area contributed by atoms with Gasteiger partial charge < -0.3 is 10.4 Å². The second-order valence-corrected chi connectivity index (χ2v) is 7.18. The molecule has 3 aromatic carbocycles. The fourth-order valence-corrected chi connectivity index (χ4v) is 3.55. The van der Waals surface area contributed by atoms with Crippen molar-refractivity contribution in [2.24, 2.45) is 5.92 Å². The minimum absolute atomic E-state index is 0.0472. The van der Waals surface area contributed by atoms with Gasteiger partial charge in [-0.2, -0.15) is 12.6 Å². The fraction of sp³-hybridized carbons (Fsp3) is 0.217. The summed E-state index contributed by atoms with van der Waals surface area (Å²) in [5.41, 5.74) is 1.73. The van der Waals surface area contributed by atoms with E-state index in [0.29, 0.717) is 17.7 Å². The maximum atomic E-state index is 12.6. The summed E-state index contributed by atoms with van der Waals surface area (Å²) in [6.07, 6.45) is 0.573. The molecule has 2 unspecified atom stereocenters. The highest BCUT2D eigenvalue weighted by Crippen LogP contribution is 2.22. The van der Waals surface area contributed by atoms with E-state index in [2.05, 4.69) is 17.9 Å². The second kappa shape index (κ2) is 9.42. The molecule has 3 aromatic rings. The molecule has 2 atom stereocenters. The molecule has 0 saturated heterocycles. The third-order valence-corrected chi connectivity index (χ3v) is 5.31. The van der Waals surface area contributed by atoms with Gasteiger partial charge in [0.1, 0.15) is 0 Å². The third-order valence-electron chi connectivity index (χ3n) is 4.87. The molecule has 2 N–H and O–H groups in total. The van der Waals surface area contributed by atoms with Crippen LogP contribution in [0.1, 0.15) is 17.0 Å².